The number of halogens is 1. The molecule has 0 bridgehead atoms. The maximum absolute atomic E-state index is 11.4. The van der Waals surface area contributed by atoms with Crippen LogP contribution >= 0.6 is 11.6 Å². The van der Waals surface area contributed by atoms with Crippen molar-refractivity contribution in [2.24, 2.45) is 0 Å². The monoisotopic (exact) mass is 299 g/mol. The van der Waals surface area contributed by atoms with Gasteiger partial charge in [0.05, 0.1) is 11.1 Å². The van der Waals surface area contributed by atoms with Gasteiger partial charge in [-0.15, -0.1) is 0 Å². The standard InChI is InChI=1S/C15H22ClNO3/c1-5-17-11(4)12-6-7-14(13(16)8-12)19-9-15(18)20-10(2)3/h6-8,10-11,17H,5,9H2,1-4H3. The molecule has 0 amide bonds. The van der Waals surface area contributed by atoms with E-state index in [1.54, 1.807) is 19.9 Å². The second-order valence-corrected chi connectivity index (χ2v) is 5.20. The van der Waals surface area contributed by atoms with Gasteiger partial charge in [0, 0.05) is 6.04 Å². The van der Waals surface area contributed by atoms with E-state index in [-0.39, 0.29) is 18.8 Å². The van der Waals surface area contributed by atoms with Crippen LogP contribution in [0.3, 0.4) is 0 Å². The summed E-state index contributed by atoms with van der Waals surface area (Å²) in [4.78, 5) is 11.4. The summed E-state index contributed by atoms with van der Waals surface area (Å²) in [6, 6.07) is 5.77. The lowest BCUT2D eigenvalue weighted by molar-refractivity contribution is -0.149. The molecule has 0 aliphatic carbocycles. The predicted octanol–water partition coefficient (Wildman–Crippen LogP) is 3.34. The fourth-order valence-corrected chi connectivity index (χ4v) is 2.00. The Balaban J connectivity index is 2.62. The third-order valence-electron chi connectivity index (χ3n) is 2.68. The summed E-state index contributed by atoms with van der Waals surface area (Å²) in [5, 5.41) is 3.80. The average Bonchev–Trinajstić information content (AvgIpc) is 2.36. The largest absolute Gasteiger partial charge is 0.480 e. The van der Waals surface area contributed by atoms with Crippen molar-refractivity contribution in [1.82, 2.24) is 5.32 Å². The van der Waals surface area contributed by atoms with Crippen molar-refractivity contribution in [1.29, 1.82) is 0 Å². The van der Waals surface area contributed by atoms with E-state index in [2.05, 4.69) is 19.2 Å². The summed E-state index contributed by atoms with van der Waals surface area (Å²) in [5.41, 5.74) is 1.08. The molecule has 0 saturated carbocycles. The van der Waals surface area contributed by atoms with Gasteiger partial charge in [0.15, 0.2) is 6.61 Å². The first-order valence-corrected chi connectivity index (χ1v) is 7.17. The number of hydrogen-bond acceptors (Lipinski definition) is 4. The molecular formula is C15H22ClNO3. The number of nitrogens with one attached hydrogen (secondary N) is 1. The van der Waals surface area contributed by atoms with Crippen LogP contribution < -0.4 is 10.1 Å². The molecule has 1 atom stereocenters. The van der Waals surface area contributed by atoms with Crippen LogP contribution in [0, 0.1) is 0 Å². The van der Waals surface area contributed by atoms with Crippen LogP contribution in [0.1, 0.15) is 39.3 Å². The van der Waals surface area contributed by atoms with Crippen molar-refractivity contribution in [2.75, 3.05) is 13.2 Å². The highest BCUT2D eigenvalue weighted by Crippen LogP contribution is 2.27. The Morgan fingerprint density at radius 2 is 2.05 bits per heavy atom. The van der Waals surface area contributed by atoms with E-state index in [4.69, 9.17) is 21.1 Å². The third kappa shape index (κ3) is 5.39. The van der Waals surface area contributed by atoms with Gasteiger partial charge >= 0.3 is 5.97 Å². The van der Waals surface area contributed by atoms with Gasteiger partial charge in [-0.1, -0.05) is 24.6 Å². The molecule has 1 aromatic carbocycles. The summed E-state index contributed by atoms with van der Waals surface area (Å²) < 4.78 is 10.4. The first-order valence-electron chi connectivity index (χ1n) is 6.79. The van der Waals surface area contributed by atoms with E-state index in [0.717, 1.165) is 12.1 Å². The minimum atomic E-state index is -0.402. The van der Waals surface area contributed by atoms with Crippen LogP contribution in [0.2, 0.25) is 5.02 Å². The summed E-state index contributed by atoms with van der Waals surface area (Å²) in [6.07, 6.45) is -0.148. The van der Waals surface area contributed by atoms with Crippen molar-refractivity contribution in [3.05, 3.63) is 28.8 Å². The van der Waals surface area contributed by atoms with E-state index in [1.165, 1.54) is 0 Å². The van der Waals surface area contributed by atoms with Crippen LogP contribution in [0.25, 0.3) is 0 Å². The Labute approximate surface area is 125 Å². The topological polar surface area (TPSA) is 47.6 Å². The molecule has 1 N–H and O–H groups in total. The summed E-state index contributed by atoms with van der Waals surface area (Å²) in [6.45, 7) is 8.45. The molecule has 0 spiro atoms. The van der Waals surface area contributed by atoms with Crippen molar-refractivity contribution in [3.63, 3.8) is 0 Å². The first kappa shape index (κ1) is 16.8. The third-order valence-corrected chi connectivity index (χ3v) is 2.97. The smallest absolute Gasteiger partial charge is 0.344 e. The molecule has 0 aliphatic rings. The van der Waals surface area contributed by atoms with E-state index in [0.29, 0.717) is 10.8 Å². The molecule has 0 heterocycles. The zero-order valence-electron chi connectivity index (χ0n) is 12.4. The van der Waals surface area contributed by atoms with Crippen LogP contribution in [0.4, 0.5) is 0 Å². The van der Waals surface area contributed by atoms with Gasteiger partial charge in [0.2, 0.25) is 0 Å². The summed E-state index contributed by atoms with van der Waals surface area (Å²) >= 11 is 6.16. The number of benzene rings is 1. The average molecular weight is 300 g/mol. The van der Waals surface area contributed by atoms with Gasteiger partial charge in [-0.3, -0.25) is 0 Å². The van der Waals surface area contributed by atoms with Crippen LogP contribution in [-0.2, 0) is 9.53 Å². The minimum absolute atomic E-state index is 0.139. The molecule has 112 valence electrons. The molecule has 0 aromatic heterocycles. The zero-order valence-corrected chi connectivity index (χ0v) is 13.2. The Bertz CT molecular complexity index is 449. The molecule has 4 nitrogen and oxygen atoms in total. The first-order chi connectivity index (χ1) is 9.43. The van der Waals surface area contributed by atoms with E-state index >= 15 is 0 Å². The number of hydrogen-bond donors (Lipinski definition) is 1. The van der Waals surface area contributed by atoms with Crippen molar-refractivity contribution in [2.45, 2.75) is 39.8 Å². The number of rotatable bonds is 7. The van der Waals surface area contributed by atoms with E-state index in [1.807, 2.05) is 12.1 Å². The van der Waals surface area contributed by atoms with Crippen molar-refractivity contribution < 1.29 is 14.3 Å². The molecule has 1 unspecified atom stereocenters. The molecule has 1 aromatic rings. The Morgan fingerprint density at radius 3 is 2.60 bits per heavy atom. The minimum Gasteiger partial charge on any atom is -0.480 e. The predicted molar refractivity (Wildman–Crippen MR) is 80.3 cm³/mol. The molecular weight excluding hydrogens is 278 g/mol. The van der Waals surface area contributed by atoms with Crippen LogP contribution in [0.5, 0.6) is 5.75 Å². The molecule has 1 rings (SSSR count). The highest BCUT2D eigenvalue weighted by atomic mass is 35.5. The normalized spacial score (nSPS) is 12.3. The quantitative estimate of drug-likeness (QED) is 0.785. The van der Waals surface area contributed by atoms with Crippen LogP contribution in [-0.4, -0.2) is 25.2 Å². The van der Waals surface area contributed by atoms with Crippen molar-refractivity contribution in [3.8, 4) is 5.75 Å². The highest BCUT2D eigenvalue weighted by Gasteiger charge is 2.11. The van der Waals surface area contributed by atoms with Gasteiger partial charge in [-0.2, -0.15) is 0 Å². The Kier molecular flexibility index (Phi) is 6.82. The number of carbonyl (C=O) groups is 1. The molecule has 0 fully saturated rings. The lowest BCUT2D eigenvalue weighted by atomic mass is 10.1. The SMILES string of the molecule is CCNC(C)c1ccc(OCC(=O)OC(C)C)c(Cl)c1. The Morgan fingerprint density at radius 1 is 1.35 bits per heavy atom. The lowest BCUT2D eigenvalue weighted by Crippen LogP contribution is -2.19. The molecule has 0 saturated heterocycles. The lowest BCUT2D eigenvalue weighted by Gasteiger charge is -2.15. The molecule has 20 heavy (non-hydrogen) atoms. The summed E-state index contributed by atoms with van der Waals surface area (Å²) in [7, 11) is 0. The zero-order chi connectivity index (χ0) is 15.1. The maximum Gasteiger partial charge on any atom is 0.344 e. The fourth-order valence-electron chi connectivity index (χ4n) is 1.76. The van der Waals surface area contributed by atoms with Crippen LogP contribution in [0.15, 0.2) is 18.2 Å². The highest BCUT2D eigenvalue weighted by molar-refractivity contribution is 6.32. The number of carbonyl (C=O) groups excluding carboxylic acids is 1. The van der Waals surface area contributed by atoms with E-state index < -0.39 is 5.97 Å². The van der Waals surface area contributed by atoms with Gasteiger partial charge in [-0.05, 0) is 45.0 Å². The maximum atomic E-state index is 11.4. The second-order valence-electron chi connectivity index (χ2n) is 4.80. The number of ether oxygens (including phenoxy) is 2. The Hall–Kier alpha value is -1.26. The molecule has 0 aliphatic heterocycles. The fraction of sp³-hybridized carbons (Fsp3) is 0.533. The molecule has 0 radical (unpaired) electrons. The van der Waals surface area contributed by atoms with E-state index in [9.17, 15) is 4.79 Å². The van der Waals surface area contributed by atoms with Gasteiger partial charge in [0.1, 0.15) is 5.75 Å². The van der Waals surface area contributed by atoms with Crippen molar-refractivity contribution >= 4 is 17.6 Å². The van der Waals surface area contributed by atoms with Gasteiger partial charge in [0.25, 0.3) is 0 Å². The van der Waals surface area contributed by atoms with Gasteiger partial charge < -0.3 is 14.8 Å². The summed E-state index contributed by atoms with van der Waals surface area (Å²) in [5.74, 6) is 0.0842. The second kappa shape index (κ2) is 8.12. The number of esters is 1. The molecule has 5 heteroatoms. The van der Waals surface area contributed by atoms with Gasteiger partial charge in [-0.25, -0.2) is 4.79 Å².